The number of nitrogens with one attached hydrogen (secondary N) is 2. The van der Waals surface area contributed by atoms with E-state index in [-0.39, 0.29) is 18.1 Å². The lowest BCUT2D eigenvalue weighted by atomic mass is 10.1. The van der Waals surface area contributed by atoms with Gasteiger partial charge in [-0.2, -0.15) is 0 Å². The Morgan fingerprint density at radius 2 is 1.97 bits per heavy atom. The van der Waals surface area contributed by atoms with Gasteiger partial charge in [-0.15, -0.1) is 0 Å². The number of nitrogens with zero attached hydrogens (tertiary/aromatic N) is 1. The van der Waals surface area contributed by atoms with Gasteiger partial charge < -0.3 is 20.1 Å². The Kier molecular flexibility index (Phi) is 6.36. The second-order valence-corrected chi connectivity index (χ2v) is 7.08. The van der Waals surface area contributed by atoms with Gasteiger partial charge in [0.05, 0.1) is 11.6 Å². The fraction of sp³-hybridized carbons (Fsp3) is 0.150. The summed E-state index contributed by atoms with van der Waals surface area (Å²) >= 11 is 3.36. The van der Waals surface area contributed by atoms with Crippen molar-refractivity contribution in [1.29, 1.82) is 0 Å². The topological polar surface area (TPSA) is 97.0 Å². The molecule has 1 aliphatic rings. The summed E-state index contributed by atoms with van der Waals surface area (Å²) in [6, 6.07) is 8.09. The summed E-state index contributed by atoms with van der Waals surface area (Å²) in [6.07, 6.45) is 1.50. The van der Waals surface area contributed by atoms with Crippen molar-refractivity contribution in [3.8, 4) is 11.5 Å². The molecule has 2 N–H and O–H groups in total. The molecule has 0 bridgehead atoms. The van der Waals surface area contributed by atoms with Gasteiger partial charge in [0, 0.05) is 12.7 Å². The predicted molar refractivity (Wildman–Crippen MR) is 110 cm³/mol. The Hall–Kier alpha value is -3.40. The number of amides is 4. The Balaban J connectivity index is 1.73. The highest BCUT2D eigenvalue weighted by molar-refractivity contribution is 9.10. The lowest BCUT2D eigenvalue weighted by Crippen LogP contribution is -2.25. The van der Waals surface area contributed by atoms with Gasteiger partial charge in [-0.1, -0.05) is 0 Å². The van der Waals surface area contributed by atoms with Crippen LogP contribution in [0.3, 0.4) is 0 Å². The van der Waals surface area contributed by atoms with Gasteiger partial charge in [0.15, 0.2) is 18.1 Å². The summed E-state index contributed by atoms with van der Waals surface area (Å²) in [5, 5.41) is 5.07. The first-order valence-electron chi connectivity index (χ1n) is 8.65. The van der Waals surface area contributed by atoms with Gasteiger partial charge in [-0.3, -0.25) is 14.5 Å². The fourth-order valence-corrected chi connectivity index (χ4v) is 3.20. The number of ether oxygens (including phenoxy) is 2. The average molecular weight is 478 g/mol. The molecule has 1 heterocycles. The lowest BCUT2D eigenvalue weighted by molar-refractivity contribution is -0.122. The molecule has 1 fully saturated rings. The summed E-state index contributed by atoms with van der Waals surface area (Å²) in [7, 11) is 2.81. The molecule has 2 aromatic rings. The normalized spacial score (nSPS) is 14.7. The van der Waals surface area contributed by atoms with Gasteiger partial charge in [0.2, 0.25) is 0 Å². The number of benzene rings is 2. The van der Waals surface area contributed by atoms with Crippen molar-refractivity contribution in [2.24, 2.45) is 0 Å². The zero-order chi connectivity index (χ0) is 21.8. The minimum Gasteiger partial charge on any atom is -0.493 e. The number of hydrogen-bond donors (Lipinski definition) is 2. The SMILES string of the molecule is COc1cc(/C=C2/NC(=O)N(C)C2=O)cc(Br)c1OCC(=O)Nc1ccc(F)cc1. The summed E-state index contributed by atoms with van der Waals surface area (Å²) in [4.78, 5) is 36.6. The molecule has 1 aliphatic heterocycles. The fourth-order valence-electron chi connectivity index (χ4n) is 2.62. The maximum atomic E-state index is 12.9. The van der Waals surface area contributed by atoms with E-state index in [4.69, 9.17) is 9.47 Å². The van der Waals surface area contributed by atoms with E-state index in [2.05, 4.69) is 26.6 Å². The van der Waals surface area contributed by atoms with Crippen LogP contribution in [-0.4, -0.2) is 43.5 Å². The number of halogens is 2. The highest BCUT2D eigenvalue weighted by Gasteiger charge is 2.30. The molecule has 3 rings (SSSR count). The van der Waals surface area contributed by atoms with Gasteiger partial charge >= 0.3 is 6.03 Å². The molecule has 0 unspecified atom stereocenters. The summed E-state index contributed by atoms with van der Waals surface area (Å²) in [6.45, 7) is -0.313. The first-order valence-corrected chi connectivity index (χ1v) is 9.44. The molecule has 4 amide bonds. The Bertz CT molecular complexity index is 1040. The van der Waals surface area contributed by atoms with E-state index in [0.29, 0.717) is 21.5 Å². The van der Waals surface area contributed by atoms with E-state index in [9.17, 15) is 18.8 Å². The van der Waals surface area contributed by atoms with Crippen LogP contribution in [0.15, 0.2) is 46.6 Å². The lowest BCUT2D eigenvalue weighted by Gasteiger charge is -2.14. The highest BCUT2D eigenvalue weighted by Crippen LogP contribution is 2.37. The zero-order valence-corrected chi connectivity index (χ0v) is 17.6. The van der Waals surface area contributed by atoms with Crippen LogP contribution in [0.4, 0.5) is 14.9 Å². The van der Waals surface area contributed by atoms with E-state index in [1.807, 2.05) is 0 Å². The van der Waals surface area contributed by atoms with Crippen LogP contribution in [-0.2, 0) is 9.59 Å². The van der Waals surface area contributed by atoms with Crippen LogP contribution in [0.1, 0.15) is 5.56 Å². The Morgan fingerprint density at radius 3 is 2.57 bits per heavy atom. The summed E-state index contributed by atoms with van der Waals surface area (Å²) in [5.74, 6) is -0.695. The molecular formula is C20H17BrFN3O5. The number of hydrogen-bond acceptors (Lipinski definition) is 5. The van der Waals surface area contributed by atoms with Gasteiger partial charge in [0.25, 0.3) is 11.8 Å². The third-order valence-corrected chi connectivity index (χ3v) is 4.71. The van der Waals surface area contributed by atoms with E-state index in [1.165, 1.54) is 44.5 Å². The molecule has 0 aromatic heterocycles. The summed E-state index contributed by atoms with van der Waals surface area (Å²) < 4.78 is 24.3. The number of carbonyl (C=O) groups excluding carboxylic acids is 3. The van der Waals surface area contributed by atoms with E-state index in [0.717, 1.165) is 4.90 Å². The van der Waals surface area contributed by atoms with Crippen LogP contribution >= 0.6 is 15.9 Å². The van der Waals surface area contributed by atoms with E-state index in [1.54, 1.807) is 12.1 Å². The standard InChI is InChI=1S/C20H17BrFN3O5/c1-25-19(27)15(24-20(25)28)8-11-7-14(21)18(16(9-11)29-2)30-10-17(26)23-13-5-3-12(22)4-6-13/h3-9H,10H2,1-2H3,(H,23,26)(H,24,28)/b15-8+. The molecule has 2 aromatic carbocycles. The van der Waals surface area contributed by atoms with E-state index >= 15 is 0 Å². The maximum Gasteiger partial charge on any atom is 0.328 e. The molecule has 10 heteroatoms. The smallest absolute Gasteiger partial charge is 0.328 e. The van der Waals surface area contributed by atoms with Crippen molar-refractivity contribution in [3.05, 3.63) is 57.9 Å². The maximum absolute atomic E-state index is 12.9. The van der Waals surface area contributed by atoms with Crippen molar-refractivity contribution in [2.75, 3.05) is 26.1 Å². The number of methoxy groups -OCH3 is 1. The quantitative estimate of drug-likeness (QED) is 0.492. The molecular weight excluding hydrogens is 461 g/mol. The number of anilines is 1. The molecule has 30 heavy (non-hydrogen) atoms. The molecule has 0 atom stereocenters. The minimum atomic E-state index is -0.510. The molecule has 0 spiro atoms. The predicted octanol–water partition coefficient (Wildman–Crippen LogP) is 3.14. The first-order chi connectivity index (χ1) is 14.3. The van der Waals surface area contributed by atoms with Crippen molar-refractivity contribution in [1.82, 2.24) is 10.2 Å². The van der Waals surface area contributed by atoms with Crippen molar-refractivity contribution >= 4 is 45.5 Å². The number of imide groups is 1. The second-order valence-electron chi connectivity index (χ2n) is 6.23. The highest BCUT2D eigenvalue weighted by atomic mass is 79.9. The van der Waals surface area contributed by atoms with Crippen LogP contribution in [0.25, 0.3) is 6.08 Å². The van der Waals surface area contributed by atoms with Gasteiger partial charge in [0.1, 0.15) is 11.5 Å². The second kappa shape index (κ2) is 8.95. The number of likely N-dealkylation sites (N-methyl/N-ethyl adjacent to an activating group) is 1. The number of carbonyl (C=O) groups is 3. The molecule has 8 nitrogen and oxygen atoms in total. The molecule has 156 valence electrons. The first kappa shape index (κ1) is 21.3. The Morgan fingerprint density at radius 1 is 1.27 bits per heavy atom. The van der Waals surface area contributed by atoms with Crippen LogP contribution in [0.2, 0.25) is 0 Å². The van der Waals surface area contributed by atoms with Crippen molar-refractivity contribution in [2.45, 2.75) is 0 Å². The monoisotopic (exact) mass is 477 g/mol. The van der Waals surface area contributed by atoms with Gasteiger partial charge in [-0.25, -0.2) is 9.18 Å². The zero-order valence-electron chi connectivity index (χ0n) is 16.0. The van der Waals surface area contributed by atoms with Crippen molar-refractivity contribution < 1.29 is 28.2 Å². The Labute approximate surface area is 179 Å². The van der Waals surface area contributed by atoms with Crippen LogP contribution in [0.5, 0.6) is 11.5 Å². The minimum absolute atomic E-state index is 0.129. The van der Waals surface area contributed by atoms with Gasteiger partial charge in [-0.05, 0) is 64.0 Å². The number of rotatable bonds is 6. The molecule has 0 aliphatic carbocycles. The summed E-state index contributed by atoms with van der Waals surface area (Å²) in [5.41, 5.74) is 1.14. The molecule has 0 saturated carbocycles. The van der Waals surface area contributed by atoms with Crippen LogP contribution < -0.4 is 20.1 Å². The molecule has 1 saturated heterocycles. The van der Waals surface area contributed by atoms with Crippen molar-refractivity contribution in [3.63, 3.8) is 0 Å². The largest absolute Gasteiger partial charge is 0.493 e. The average Bonchev–Trinajstić information content (AvgIpc) is 2.95. The third-order valence-electron chi connectivity index (χ3n) is 4.12. The number of urea groups is 1. The third kappa shape index (κ3) is 4.77. The van der Waals surface area contributed by atoms with E-state index < -0.39 is 23.7 Å². The molecule has 0 radical (unpaired) electrons. The van der Waals surface area contributed by atoms with Crippen LogP contribution in [0, 0.1) is 5.82 Å².